The molecular weight excluding hydrogens is 161 g/mol. The van der Waals surface area contributed by atoms with Crippen molar-refractivity contribution < 1.29 is 13.9 Å². The van der Waals surface area contributed by atoms with E-state index in [1.165, 1.54) is 0 Å². The lowest BCUT2D eigenvalue weighted by Gasteiger charge is -2.18. The molecule has 1 heterocycles. The highest BCUT2D eigenvalue weighted by Gasteiger charge is 2.28. The SMILES string of the molecule is COCC(C)N[C@@H]1COC[C@H]1F. The molecule has 0 saturated carbocycles. The molecule has 1 saturated heterocycles. The Bertz CT molecular complexity index is 134. The van der Waals surface area contributed by atoms with Gasteiger partial charge in [0.1, 0.15) is 6.17 Å². The second-order valence-corrected chi connectivity index (χ2v) is 3.18. The Morgan fingerprint density at radius 1 is 1.67 bits per heavy atom. The van der Waals surface area contributed by atoms with E-state index in [2.05, 4.69) is 5.32 Å². The van der Waals surface area contributed by atoms with Gasteiger partial charge < -0.3 is 14.8 Å². The molecular formula is C8H16FNO2. The minimum atomic E-state index is -0.871. The standard InChI is InChI=1S/C8H16FNO2/c1-6(3-11-2)10-8-5-12-4-7(8)9/h6-8,10H,3-5H2,1-2H3/t6?,7-,8-/m1/s1. The van der Waals surface area contributed by atoms with Gasteiger partial charge >= 0.3 is 0 Å². The average Bonchev–Trinajstić information content (AvgIpc) is 2.37. The molecule has 1 fully saturated rings. The highest BCUT2D eigenvalue weighted by atomic mass is 19.1. The van der Waals surface area contributed by atoms with E-state index < -0.39 is 6.17 Å². The monoisotopic (exact) mass is 177 g/mol. The summed E-state index contributed by atoms with van der Waals surface area (Å²) in [6.07, 6.45) is -0.871. The van der Waals surface area contributed by atoms with Crippen LogP contribution in [0.4, 0.5) is 4.39 Å². The largest absolute Gasteiger partial charge is 0.383 e. The topological polar surface area (TPSA) is 30.5 Å². The quantitative estimate of drug-likeness (QED) is 0.672. The molecule has 0 aromatic carbocycles. The summed E-state index contributed by atoms with van der Waals surface area (Å²) < 4.78 is 22.9. The first-order valence-electron chi connectivity index (χ1n) is 4.21. The van der Waals surface area contributed by atoms with Gasteiger partial charge in [-0.15, -0.1) is 0 Å². The maximum absolute atomic E-state index is 13.0. The lowest BCUT2D eigenvalue weighted by molar-refractivity contribution is 0.157. The van der Waals surface area contributed by atoms with Crippen LogP contribution in [0.1, 0.15) is 6.92 Å². The molecule has 0 bridgehead atoms. The predicted octanol–water partition coefficient (Wildman–Crippen LogP) is 0.348. The summed E-state index contributed by atoms with van der Waals surface area (Å²) in [7, 11) is 1.64. The van der Waals surface area contributed by atoms with Gasteiger partial charge in [0.25, 0.3) is 0 Å². The third kappa shape index (κ3) is 2.69. The number of nitrogens with one attached hydrogen (secondary N) is 1. The number of halogens is 1. The zero-order valence-corrected chi connectivity index (χ0v) is 7.55. The average molecular weight is 177 g/mol. The summed E-state index contributed by atoms with van der Waals surface area (Å²) in [5, 5.41) is 3.10. The van der Waals surface area contributed by atoms with Crippen molar-refractivity contribution in [2.75, 3.05) is 26.9 Å². The van der Waals surface area contributed by atoms with Crippen LogP contribution < -0.4 is 5.32 Å². The second kappa shape index (κ2) is 4.74. The van der Waals surface area contributed by atoms with E-state index in [0.29, 0.717) is 13.2 Å². The molecule has 0 amide bonds. The molecule has 0 radical (unpaired) electrons. The highest BCUT2D eigenvalue weighted by Crippen LogP contribution is 2.09. The minimum absolute atomic E-state index is 0.157. The van der Waals surface area contributed by atoms with Crippen molar-refractivity contribution in [2.24, 2.45) is 0 Å². The van der Waals surface area contributed by atoms with Crippen molar-refractivity contribution in [1.82, 2.24) is 5.32 Å². The summed E-state index contributed by atoms with van der Waals surface area (Å²) in [6.45, 7) is 3.25. The van der Waals surface area contributed by atoms with Gasteiger partial charge in [0.15, 0.2) is 0 Å². The van der Waals surface area contributed by atoms with Crippen molar-refractivity contribution in [3.05, 3.63) is 0 Å². The lowest BCUT2D eigenvalue weighted by Crippen LogP contribution is -2.44. The summed E-state index contributed by atoms with van der Waals surface area (Å²) in [5.41, 5.74) is 0. The molecule has 0 aliphatic carbocycles. The van der Waals surface area contributed by atoms with Crippen LogP contribution in [0.5, 0.6) is 0 Å². The van der Waals surface area contributed by atoms with E-state index in [1.807, 2.05) is 6.92 Å². The Labute approximate surface area is 72.2 Å². The first kappa shape index (κ1) is 9.89. The van der Waals surface area contributed by atoms with Crippen molar-refractivity contribution >= 4 is 0 Å². The third-order valence-corrected chi connectivity index (χ3v) is 1.93. The summed E-state index contributed by atoms with van der Waals surface area (Å²) in [4.78, 5) is 0. The molecule has 0 aromatic heterocycles. The molecule has 0 aromatic rings. The smallest absolute Gasteiger partial charge is 0.141 e. The van der Waals surface area contributed by atoms with Crippen molar-refractivity contribution in [3.8, 4) is 0 Å². The predicted molar refractivity (Wildman–Crippen MR) is 44.0 cm³/mol. The molecule has 1 unspecified atom stereocenters. The van der Waals surface area contributed by atoms with Crippen LogP contribution in [0.2, 0.25) is 0 Å². The molecule has 12 heavy (non-hydrogen) atoms. The van der Waals surface area contributed by atoms with Crippen molar-refractivity contribution in [1.29, 1.82) is 0 Å². The Balaban J connectivity index is 2.20. The molecule has 3 nitrogen and oxygen atoms in total. The summed E-state index contributed by atoms with van der Waals surface area (Å²) in [6, 6.07) is 0.0232. The zero-order chi connectivity index (χ0) is 8.97. The van der Waals surface area contributed by atoms with Gasteiger partial charge in [-0.05, 0) is 6.92 Å². The van der Waals surface area contributed by atoms with Crippen LogP contribution in [0, 0.1) is 0 Å². The van der Waals surface area contributed by atoms with Crippen LogP contribution in [-0.4, -0.2) is 45.2 Å². The number of ether oxygens (including phenoxy) is 2. The maximum atomic E-state index is 13.0. The number of alkyl halides is 1. The van der Waals surface area contributed by atoms with E-state index in [0.717, 1.165) is 0 Å². The number of methoxy groups -OCH3 is 1. The van der Waals surface area contributed by atoms with Crippen LogP contribution in [0.25, 0.3) is 0 Å². The molecule has 4 heteroatoms. The zero-order valence-electron chi connectivity index (χ0n) is 7.55. The van der Waals surface area contributed by atoms with Gasteiger partial charge in [-0.3, -0.25) is 0 Å². The van der Waals surface area contributed by atoms with Crippen LogP contribution in [-0.2, 0) is 9.47 Å². The molecule has 1 aliphatic rings. The molecule has 1 N–H and O–H groups in total. The molecule has 0 spiro atoms. The van der Waals surface area contributed by atoms with Gasteiger partial charge in [0, 0.05) is 13.2 Å². The number of hydrogen-bond donors (Lipinski definition) is 1. The highest BCUT2D eigenvalue weighted by molar-refractivity contribution is 4.82. The number of hydrogen-bond acceptors (Lipinski definition) is 3. The first-order valence-corrected chi connectivity index (χ1v) is 4.21. The fourth-order valence-corrected chi connectivity index (χ4v) is 1.34. The first-order chi connectivity index (χ1) is 5.74. The Morgan fingerprint density at radius 2 is 2.42 bits per heavy atom. The Kier molecular flexibility index (Phi) is 3.91. The Hall–Kier alpha value is -0.190. The molecule has 1 aliphatic heterocycles. The Morgan fingerprint density at radius 3 is 2.92 bits per heavy atom. The van der Waals surface area contributed by atoms with Gasteiger partial charge in [-0.25, -0.2) is 4.39 Å². The fraction of sp³-hybridized carbons (Fsp3) is 1.00. The van der Waals surface area contributed by atoms with Crippen LogP contribution >= 0.6 is 0 Å². The van der Waals surface area contributed by atoms with E-state index in [9.17, 15) is 4.39 Å². The second-order valence-electron chi connectivity index (χ2n) is 3.18. The van der Waals surface area contributed by atoms with Crippen molar-refractivity contribution in [3.63, 3.8) is 0 Å². The number of rotatable bonds is 4. The van der Waals surface area contributed by atoms with Gasteiger partial charge in [0.2, 0.25) is 0 Å². The van der Waals surface area contributed by atoms with E-state index in [4.69, 9.17) is 9.47 Å². The van der Waals surface area contributed by atoms with Gasteiger partial charge in [-0.2, -0.15) is 0 Å². The van der Waals surface area contributed by atoms with E-state index in [1.54, 1.807) is 7.11 Å². The van der Waals surface area contributed by atoms with Crippen LogP contribution in [0.15, 0.2) is 0 Å². The summed E-state index contributed by atoms with van der Waals surface area (Å²) >= 11 is 0. The van der Waals surface area contributed by atoms with Crippen LogP contribution in [0.3, 0.4) is 0 Å². The summed E-state index contributed by atoms with van der Waals surface area (Å²) in [5.74, 6) is 0. The molecule has 72 valence electrons. The molecule has 3 atom stereocenters. The lowest BCUT2D eigenvalue weighted by atomic mass is 10.2. The third-order valence-electron chi connectivity index (χ3n) is 1.93. The molecule has 1 rings (SSSR count). The maximum Gasteiger partial charge on any atom is 0.141 e. The minimum Gasteiger partial charge on any atom is -0.383 e. The van der Waals surface area contributed by atoms with Gasteiger partial charge in [0.05, 0.1) is 25.9 Å². The van der Waals surface area contributed by atoms with Crippen molar-refractivity contribution in [2.45, 2.75) is 25.2 Å². The van der Waals surface area contributed by atoms with Gasteiger partial charge in [-0.1, -0.05) is 0 Å². The normalized spacial score (nSPS) is 32.2. The van der Waals surface area contributed by atoms with E-state index >= 15 is 0 Å². The van der Waals surface area contributed by atoms with E-state index in [-0.39, 0.29) is 18.7 Å². The fourth-order valence-electron chi connectivity index (χ4n) is 1.34.